The van der Waals surface area contributed by atoms with Crippen LogP contribution in [0.15, 0.2) is 67.3 Å². The van der Waals surface area contributed by atoms with Gasteiger partial charge in [-0.05, 0) is 81.1 Å². The smallest absolute Gasteiger partial charge is 0.254 e. The van der Waals surface area contributed by atoms with E-state index in [2.05, 4.69) is 15.3 Å². The fourth-order valence-electron chi connectivity index (χ4n) is 5.47. The van der Waals surface area contributed by atoms with Crippen LogP contribution < -0.4 is 21.5 Å². The number of likely N-dealkylation sites (tertiary alicyclic amines) is 1. The third kappa shape index (κ3) is 6.57. The van der Waals surface area contributed by atoms with Gasteiger partial charge in [0.2, 0.25) is 5.82 Å². The third-order valence-electron chi connectivity index (χ3n) is 7.96. The summed E-state index contributed by atoms with van der Waals surface area (Å²) < 4.78 is 37.5. The zero-order chi connectivity index (χ0) is 31.2. The SMILES string of the molecule is Cc1cc(NC(C)c2ncc(-c3ccc(OCc4cccnc4)c(F)c3F)n2/C=C\N)ccc1C(=O)N1CCC(CN)CC1. The highest BCUT2D eigenvalue weighted by atomic mass is 19.2. The summed E-state index contributed by atoms with van der Waals surface area (Å²) in [5.41, 5.74) is 14.9. The monoisotopic (exact) mass is 601 g/mol. The first-order valence-electron chi connectivity index (χ1n) is 14.6. The van der Waals surface area contributed by atoms with Crippen molar-refractivity contribution in [2.45, 2.75) is 39.3 Å². The van der Waals surface area contributed by atoms with Gasteiger partial charge in [-0.3, -0.25) is 14.3 Å². The first-order chi connectivity index (χ1) is 21.3. The fraction of sp³-hybridized carbons (Fsp3) is 0.303. The average Bonchev–Trinajstić information content (AvgIpc) is 3.45. The number of carbonyl (C=O) groups is 1. The normalized spacial score (nSPS) is 14.6. The molecule has 0 bridgehead atoms. The van der Waals surface area contributed by atoms with Crippen molar-refractivity contribution in [3.05, 3.63) is 101 Å². The second kappa shape index (κ2) is 13.7. The molecule has 1 aliphatic heterocycles. The minimum atomic E-state index is -1.10. The molecule has 9 nitrogen and oxygen atoms in total. The molecule has 1 saturated heterocycles. The van der Waals surface area contributed by atoms with Gasteiger partial charge in [0.05, 0.1) is 17.9 Å². The highest BCUT2D eigenvalue weighted by Crippen LogP contribution is 2.33. The molecule has 1 aliphatic rings. The number of imidazole rings is 1. The highest BCUT2D eigenvalue weighted by molar-refractivity contribution is 5.96. The number of amides is 1. The summed E-state index contributed by atoms with van der Waals surface area (Å²) in [6.45, 7) is 5.93. The molecule has 44 heavy (non-hydrogen) atoms. The van der Waals surface area contributed by atoms with Gasteiger partial charge < -0.3 is 26.4 Å². The van der Waals surface area contributed by atoms with Gasteiger partial charge in [0.25, 0.3) is 5.91 Å². The Bertz CT molecular complexity index is 1630. The van der Waals surface area contributed by atoms with Crippen LogP contribution >= 0.6 is 0 Å². The van der Waals surface area contributed by atoms with E-state index in [1.54, 1.807) is 35.3 Å². The molecule has 5 rings (SSSR count). The predicted molar refractivity (Wildman–Crippen MR) is 167 cm³/mol. The maximum Gasteiger partial charge on any atom is 0.254 e. The van der Waals surface area contributed by atoms with Crippen LogP contribution in [0.3, 0.4) is 0 Å². The summed E-state index contributed by atoms with van der Waals surface area (Å²) >= 11 is 0. The van der Waals surface area contributed by atoms with Crippen molar-refractivity contribution in [3.63, 3.8) is 0 Å². The molecule has 2 aromatic carbocycles. The number of nitrogens with one attached hydrogen (secondary N) is 1. The maximum atomic E-state index is 15.4. The Labute approximate surface area is 255 Å². The lowest BCUT2D eigenvalue weighted by atomic mass is 9.96. The number of rotatable bonds is 10. The van der Waals surface area contributed by atoms with Crippen LogP contribution in [0.1, 0.15) is 53.1 Å². The molecule has 230 valence electrons. The quantitative estimate of drug-likeness (QED) is 0.220. The average molecular weight is 602 g/mol. The highest BCUT2D eigenvalue weighted by Gasteiger charge is 2.25. The second-order valence-electron chi connectivity index (χ2n) is 11.0. The molecule has 1 fully saturated rings. The Hall–Kier alpha value is -4.77. The molecule has 3 heterocycles. The first kappa shape index (κ1) is 30.7. The van der Waals surface area contributed by atoms with Crippen molar-refractivity contribution in [1.29, 1.82) is 0 Å². The molecule has 1 unspecified atom stereocenters. The molecular weight excluding hydrogens is 564 g/mol. The van der Waals surface area contributed by atoms with Crippen LogP contribution in [-0.4, -0.2) is 45.0 Å². The van der Waals surface area contributed by atoms with Gasteiger partial charge >= 0.3 is 0 Å². The number of anilines is 1. The second-order valence-corrected chi connectivity index (χ2v) is 11.0. The van der Waals surface area contributed by atoms with Gasteiger partial charge in [-0.25, -0.2) is 9.37 Å². The van der Waals surface area contributed by atoms with E-state index in [9.17, 15) is 4.79 Å². The first-order valence-corrected chi connectivity index (χ1v) is 14.6. The van der Waals surface area contributed by atoms with Crippen LogP contribution in [-0.2, 0) is 6.61 Å². The molecule has 1 amide bonds. The Morgan fingerprint density at radius 1 is 1.16 bits per heavy atom. The molecule has 11 heteroatoms. The number of carbonyl (C=O) groups excluding carboxylic acids is 1. The Kier molecular flexibility index (Phi) is 9.54. The van der Waals surface area contributed by atoms with E-state index >= 15 is 8.78 Å². The molecule has 0 aliphatic carbocycles. The van der Waals surface area contributed by atoms with Crippen LogP contribution in [0, 0.1) is 24.5 Å². The minimum Gasteiger partial charge on any atom is -0.486 e. The largest absolute Gasteiger partial charge is 0.486 e. The van der Waals surface area contributed by atoms with Gasteiger partial charge in [-0.1, -0.05) is 6.07 Å². The topological polar surface area (TPSA) is 124 Å². The predicted octanol–water partition coefficient (Wildman–Crippen LogP) is 5.48. The van der Waals surface area contributed by atoms with Crippen LogP contribution in [0.25, 0.3) is 17.5 Å². The summed E-state index contributed by atoms with van der Waals surface area (Å²) in [4.78, 5) is 23.6. The third-order valence-corrected chi connectivity index (χ3v) is 7.96. The number of ether oxygens (including phenoxy) is 1. The Balaban J connectivity index is 1.32. The number of nitrogens with zero attached hydrogens (tertiary/aromatic N) is 4. The zero-order valence-electron chi connectivity index (χ0n) is 24.8. The van der Waals surface area contributed by atoms with Crippen molar-refractivity contribution in [2.24, 2.45) is 17.4 Å². The number of halogens is 2. The molecular formula is C33H37F2N7O2. The van der Waals surface area contributed by atoms with E-state index in [1.807, 2.05) is 36.9 Å². The number of hydrogen-bond acceptors (Lipinski definition) is 7. The van der Waals surface area contributed by atoms with Crippen molar-refractivity contribution in [3.8, 4) is 17.0 Å². The number of aromatic nitrogens is 3. The van der Waals surface area contributed by atoms with E-state index < -0.39 is 11.6 Å². The van der Waals surface area contributed by atoms with E-state index in [1.165, 1.54) is 24.5 Å². The van der Waals surface area contributed by atoms with Crippen LogP contribution in [0.4, 0.5) is 14.5 Å². The fourth-order valence-corrected chi connectivity index (χ4v) is 5.47. The van der Waals surface area contributed by atoms with Gasteiger partial charge in [0, 0.05) is 60.3 Å². The molecule has 5 N–H and O–H groups in total. The van der Waals surface area contributed by atoms with Crippen molar-refractivity contribution in [1.82, 2.24) is 19.4 Å². The van der Waals surface area contributed by atoms with Crippen molar-refractivity contribution in [2.75, 3.05) is 25.0 Å². The van der Waals surface area contributed by atoms with Gasteiger partial charge in [-0.15, -0.1) is 0 Å². The molecule has 4 aromatic rings. The number of piperidine rings is 1. The van der Waals surface area contributed by atoms with Crippen molar-refractivity contribution >= 4 is 17.8 Å². The van der Waals surface area contributed by atoms with Gasteiger partial charge in [0.1, 0.15) is 12.4 Å². The summed E-state index contributed by atoms with van der Waals surface area (Å²) in [6, 6.07) is 11.6. The van der Waals surface area contributed by atoms with Crippen LogP contribution in [0.2, 0.25) is 0 Å². The van der Waals surface area contributed by atoms with E-state index in [0.717, 1.165) is 29.7 Å². The van der Waals surface area contributed by atoms with Crippen LogP contribution in [0.5, 0.6) is 5.75 Å². The summed E-state index contributed by atoms with van der Waals surface area (Å²) in [5.74, 6) is -1.34. The number of pyridine rings is 1. The van der Waals surface area contributed by atoms with E-state index in [4.69, 9.17) is 16.2 Å². The molecule has 0 radical (unpaired) electrons. The Morgan fingerprint density at radius 3 is 2.64 bits per heavy atom. The summed E-state index contributed by atoms with van der Waals surface area (Å²) in [5, 5.41) is 3.40. The van der Waals surface area contributed by atoms with E-state index in [0.29, 0.717) is 42.6 Å². The maximum absolute atomic E-state index is 15.4. The number of benzene rings is 2. The standard InChI is InChI=1S/C33H37F2N7O2/c1-21-16-25(5-6-26(21)33(43)41-13-9-23(17-37)10-14-41)40-22(2)32-39-19-28(42(32)15-11-36)27-7-8-29(31(35)30(27)34)44-20-24-4-3-12-38-18-24/h3-8,11-12,15-16,18-19,22-23,40H,9-10,13-14,17,20,36-37H2,1-2H3/b15-11-. The summed E-state index contributed by atoms with van der Waals surface area (Å²) in [7, 11) is 0. The minimum absolute atomic E-state index is 0.00878. The lowest BCUT2D eigenvalue weighted by molar-refractivity contribution is 0.0692. The lowest BCUT2D eigenvalue weighted by Gasteiger charge is -2.31. The molecule has 2 aromatic heterocycles. The lowest BCUT2D eigenvalue weighted by Crippen LogP contribution is -2.40. The molecule has 1 atom stereocenters. The summed E-state index contributed by atoms with van der Waals surface area (Å²) in [6.07, 6.45) is 9.39. The molecule has 0 saturated carbocycles. The zero-order valence-corrected chi connectivity index (χ0v) is 24.8. The van der Waals surface area contributed by atoms with Crippen molar-refractivity contribution < 1.29 is 18.3 Å². The molecule has 0 spiro atoms. The number of aryl methyl sites for hydroxylation is 1. The van der Waals surface area contributed by atoms with Gasteiger partial charge in [-0.2, -0.15) is 4.39 Å². The number of nitrogens with two attached hydrogens (primary N) is 2. The number of hydrogen-bond donors (Lipinski definition) is 3. The van der Waals surface area contributed by atoms with E-state index in [-0.39, 0.29) is 29.9 Å². The Morgan fingerprint density at radius 2 is 1.95 bits per heavy atom. The van der Waals surface area contributed by atoms with Gasteiger partial charge in [0.15, 0.2) is 11.6 Å².